The molecule has 2 aromatic heterocycles. The lowest BCUT2D eigenvalue weighted by Gasteiger charge is -2.39. The maximum absolute atomic E-state index is 13.8. The topological polar surface area (TPSA) is 94.3 Å². The Kier molecular flexibility index (Phi) is 6.69. The van der Waals surface area contributed by atoms with Crippen molar-refractivity contribution in [3.8, 4) is 6.01 Å². The average Bonchev–Trinajstić information content (AvgIpc) is 3.38. The first kappa shape index (κ1) is 25.5. The molecule has 0 unspecified atom stereocenters. The number of fused-ring (bicyclic) bond motifs is 1. The van der Waals surface area contributed by atoms with E-state index >= 15 is 0 Å². The SMILES string of the molecule is COc1nc2c(C)cc(C(=O)N3CC[C@@H](NC(=O)c4c(C)c(C)nn4C)[C@@H](c4ccccc4)C3)cc2n1C. The Bertz CT molecular complexity index is 1520. The van der Waals surface area contributed by atoms with Crippen molar-refractivity contribution in [2.45, 2.75) is 39.2 Å². The molecule has 3 heterocycles. The fourth-order valence-corrected chi connectivity index (χ4v) is 5.59. The zero-order valence-corrected chi connectivity index (χ0v) is 22.8. The lowest BCUT2D eigenvalue weighted by molar-refractivity contribution is 0.0671. The Morgan fingerprint density at radius 1 is 1.08 bits per heavy atom. The first-order valence-electron chi connectivity index (χ1n) is 12.9. The monoisotopic (exact) mass is 514 g/mol. The van der Waals surface area contributed by atoms with Gasteiger partial charge in [0.2, 0.25) is 0 Å². The van der Waals surface area contributed by atoms with Crippen LogP contribution in [0.2, 0.25) is 0 Å². The number of hydrogen-bond donors (Lipinski definition) is 1. The van der Waals surface area contributed by atoms with Crippen molar-refractivity contribution in [2.75, 3.05) is 20.2 Å². The van der Waals surface area contributed by atoms with E-state index in [0.29, 0.717) is 36.8 Å². The molecule has 38 heavy (non-hydrogen) atoms. The summed E-state index contributed by atoms with van der Waals surface area (Å²) in [5.74, 6) is -0.212. The van der Waals surface area contributed by atoms with Gasteiger partial charge in [-0.2, -0.15) is 10.1 Å². The van der Waals surface area contributed by atoms with Crippen LogP contribution in [0, 0.1) is 20.8 Å². The third-order valence-corrected chi connectivity index (χ3v) is 7.75. The van der Waals surface area contributed by atoms with E-state index in [4.69, 9.17) is 4.74 Å². The molecule has 2 amide bonds. The minimum absolute atomic E-state index is 0.0287. The highest BCUT2D eigenvalue weighted by molar-refractivity contribution is 5.99. The summed E-state index contributed by atoms with van der Waals surface area (Å²) in [7, 11) is 5.26. The highest BCUT2D eigenvalue weighted by atomic mass is 16.5. The van der Waals surface area contributed by atoms with Crippen LogP contribution in [0.15, 0.2) is 42.5 Å². The van der Waals surface area contributed by atoms with Gasteiger partial charge in [0.05, 0.1) is 23.8 Å². The number of hydrogen-bond acceptors (Lipinski definition) is 5. The number of methoxy groups -OCH3 is 1. The molecule has 4 aromatic rings. The number of nitrogens with one attached hydrogen (secondary N) is 1. The average molecular weight is 515 g/mol. The maximum atomic E-state index is 13.8. The molecule has 0 spiro atoms. The number of ether oxygens (including phenoxy) is 1. The molecule has 5 rings (SSSR count). The standard InChI is InChI=1S/C29H34N6O3/c1-17-14-21(15-24-25(17)31-29(38-6)33(24)4)28(37)35-13-12-23(22(16-35)20-10-8-7-9-11-20)30-27(36)26-18(2)19(3)32-34(26)5/h7-11,14-15,22-23H,12-13,16H2,1-6H3,(H,30,36)/t22-,23-/m1/s1. The van der Waals surface area contributed by atoms with Gasteiger partial charge in [0.25, 0.3) is 17.8 Å². The molecular weight excluding hydrogens is 480 g/mol. The van der Waals surface area contributed by atoms with E-state index in [1.54, 1.807) is 18.8 Å². The number of nitrogens with zero attached hydrogens (tertiary/aromatic N) is 5. The summed E-state index contributed by atoms with van der Waals surface area (Å²) in [5, 5.41) is 7.67. The van der Waals surface area contributed by atoms with Crippen molar-refractivity contribution >= 4 is 22.8 Å². The van der Waals surface area contributed by atoms with Crippen LogP contribution in [0.25, 0.3) is 11.0 Å². The largest absolute Gasteiger partial charge is 0.468 e. The molecular formula is C29H34N6O3. The number of piperidine rings is 1. The fraction of sp³-hybridized carbons (Fsp3) is 0.379. The molecule has 1 fully saturated rings. The van der Waals surface area contributed by atoms with Crippen LogP contribution in [0.4, 0.5) is 0 Å². The van der Waals surface area contributed by atoms with E-state index in [1.807, 2.05) is 67.6 Å². The first-order chi connectivity index (χ1) is 18.2. The predicted octanol–water partition coefficient (Wildman–Crippen LogP) is 3.67. The van der Waals surface area contributed by atoms with Gasteiger partial charge in [0.15, 0.2) is 0 Å². The van der Waals surface area contributed by atoms with Gasteiger partial charge in [-0.15, -0.1) is 0 Å². The van der Waals surface area contributed by atoms with Gasteiger partial charge in [-0.25, -0.2) is 0 Å². The molecule has 0 saturated carbocycles. The third kappa shape index (κ3) is 4.42. The number of aromatic nitrogens is 4. The van der Waals surface area contributed by atoms with Gasteiger partial charge in [0, 0.05) is 50.3 Å². The summed E-state index contributed by atoms with van der Waals surface area (Å²) >= 11 is 0. The molecule has 1 aliphatic heterocycles. The van der Waals surface area contributed by atoms with Gasteiger partial charge in [-0.05, 0) is 50.5 Å². The zero-order valence-electron chi connectivity index (χ0n) is 22.8. The van der Waals surface area contributed by atoms with Crippen LogP contribution < -0.4 is 10.1 Å². The number of benzene rings is 2. The van der Waals surface area contributed by atoms with E-state index in [9.17, 15) is 9.59 Å². The summed E-state index contributed by atoms with van der Waals surface area (Å²) in [6.45, 7) is 6.83. The third-order valence-electron chi connectivity index (χ3n) is 7.75. The first-order valence-corrected chi connectivity index (χ1v) is 12.9. The van der Waals surface area contributed by atoms with E-state index in [-0.39, 0.29) is 23.8 Å². The molecule has 2 aromatic carbocycles. The lowest BCUT2D eigenvalue weighted by atomic mass is 9.85. The van der Waals surface area contributed by atoms with E-state index in [1.165, 1.54) is 0 Å². The Hall–Kier alpha value is -4.14. The number of imidazole rings is 1. The zero-order chi connectivity index (χ0) is 27.1. The Balaban J connectivity index is 1.42. The highest BCUT2D eigenvalue weighted by Gasteiger charge is 2.35. The van der Waals surface area contributed by atoms with Gasteiger partial charge in [-0.1, -0.05) is 30.3 Å². The van der Waals surface area contributed by atoms with Crippen LogP contribution in [0.3, 0.4) is 0 Å². The minimum atomic E-state index is -0.137. The van der Waals surface area contributed by atoms with Crippen LogP contribution in [0.1, 0.15) is 55.6 Å². The second-order valence-electron chi connectivity index (χ2n) is 10.1. The quantitative estimate of drug-likeness (QED) is 0.439. The van der Waals surface area contributed by atoms with Crippen LogP contribution in [0.5, 0.6) is 6.01 Å². The van der Waals surface area contributed by atoms with Crippen LogP contribution >= 0.6 is 0 Å². The smallest absolute Gasteiger partial charge is 0.296 e. The Morgan fingerprint density at radius 2 is 1.82 bits per heavy atom. The maximum Gasteiger partial charge on any atom is 0.296 e. The van der Waals surface area contributed by atoms with E-state index < -0.39 is 0 Å². The van der Waals surface area contributed by atoms with E-state index in [0.717, 1.165) is 33.4 Å². The molecule has 0 bridgehead atoms. The lowest BCUT2D eigenvalue weighted by Crippen LogP contribution is -2.51. The summed E-state index contributed by atoms with van der Waals surface area (Å²) in [4.78, 5) is 33.5. The Labute approximate surface area is 222 Å². The number of carbonyl (C=O) groups excluding carboxylic acids is 2. The highest BCUT2D eigenvalue weighted by Crippen LogP contribution is 2.30. The summed E-state index contributed by atoms with van der Waals surface area (Å²) in [6.07, 6.45) is 0.647. The molecule has 9 nitrogen and oxygen atoms in total. The van der Waals surface area contributed by atoms with Gasteiger partial charge in [-0.3, -0.25) is 18.8 Å². The molecule has 1 aliphatic rings. The minimum Gasteiger partial charge on any atom is -0.468 e. The second-order valence-corrected chi connectivity index (χ2v) is 10.1. The summed E-state index contributed by atoms with van der Waals surface area (Å²) in [5.41, 5.74) is 6.62. The molecule has 0 aliphatic carbocycles. The van der Waals surface area contributed by atoms with Crippen molar-refractivity contribution in [1.29, 1.82) is 0 Å². The summed E-state index contributed by atoms with van der Waals surface area (Å²) < 4.78 is 8.87. The molecule has 198 valence electrons. The number of amides is 2. The Morgan fingerprint density at radius 3 is 2.47 bits per heavy atom. The van der Waals surface area contributed by atoms with Gasteiger partial charge < -0.3 is 15.0 Å². The van der Waals surface area contributed by atoms with Crippen molar-refractivity contribution in [1.82, 2.24) is 29.5 Å². The van der Waals surface area contributed by atoms with Crippen LogP contribution in [-0.2, 0) is 14.1 Å². The molecule has 9 heteroatoms. The molecule has 2 atom stereocenters. The normalized spacial score (nSPS) is 17.6. The van der Waals surface area contributed by atoms with E-state index in [2.05, 4.69) is 27.5 Å². The van der Waals surface area contributed by atoms with Crippen LogP contribution in [-0.4, -0.2) is 62.3 Å². The van der Waals surface area contributed by atoms with Gasteiger partial charge >= 0.3 is 0 Å². The molecule has 0 radical (unpaired) electrons. The fourth-order valence-electron chi connectivity index (χ4n) is 5.59. The summed E-state index contributed by atoms with van der Waals surface area (Å²) in [6, 6.07) is 14.3. The molecule has 1 N–H and O–H groups in total. The van der Waals surface area contributed by atoms with Crippen molar-refractivity contribution < 1.29 is 14.3 Å². The number of rotatable bonds is 5. The number of aryl methyl sites for hydroxylation is 4. The molecule has 1 saturated heterocycles. The number of carbonyl (C=O) groups is 2. The van der Waals surface area contributed by atoms with Crippen molar-refractivity contribution in [2.24, 2.45) is 14.1 Å². The number of likely N-dealkylation sites (tertiary alicyclic amines) is 1. The van der Waals surface area contributed by atoms with Gasteiger partial charge in [0.1, 0.15) is 5.69 Å². The van der Waals surface area contributed by atoms with Crippen molar-refractivity contribution in [3.63, 3.8) is 0 Å². The predicted molar refractivity (Wildman–Crippen MR) is 146 cm³/mol. The van der Waals surface area contributed by atoms with Crippen molar-refractivity contribution in [3.05, 3.63) is 76.1 Å². The second kappa shape index (κ2) is 9.96.